The molecule has 0 heterocycles. The van der Waals surface area contributed by atoms with Gasteiger partial charge in [0.25, 0.3) is 0 Å². The highest BCUT2D eigenvalue weighted by molar-refractivity contribution is 7.47. The first-order valence-corrected chi connectivity index (χ1v) is 31.0. The minimum absolute atomic E-state index is 0.0373. The number of nitrogens with zero attached hydrogens (tertiary/aromatic N) is 1. The molecule has 3 atom stereocenters. The first-order chi connectivity index (χ1) is 33.9. The molecule has 0 aromatic carbocycles. The van der Waals surface area contributed by atoms with Gasteiger partial charge in [-0.25, -0.2) is 4.57 Å². The van der Waals surface area contributed by atoms with Gasteiger partial charge in [0, 0.05) is 12.8 Å². The summed E-state index contributed by atoms with van der Waals surface area (Å²) in [4.78, 5) is 37.6. The third-order valence-electron chi connectivity index (χ3n) is 13.0. The number of allylic oxidation sites excluding steroid dienone is 7. The van der Waals surface area contributed by atoms with E-state index in [0.29, 0.717) is 23.9 Å². The van der Waals surface area contributed by atoms with Crippen molar-refractivity contribution in [2.45, 2.75) is 283 Å². The van der Waals surface area contributed by atoms with Crippen LogP contribution < -0.4 is 5.32 Å². The average Bonchev–Trinajstić information content (AvgIpc) is 3.32. The van der Waals surface area contributed by atoms with E-state index in [2.05, 4.69) is 62.5 Å². The van der Waals surface area contributed by atoms with Crippen LogP contribution in [-0.4, -0.2) is 74.3 Å². The van der Waals surface area contributed by atoms with E-state index in [1.807, 2.05) is 33.3 Å². The van der Waals surface area contributed by atoms with E-state index in [1.54, 1.807) is 0 Å². The highest BCUT2D eigenvalue weighted by atomic mass is 31.2. The predicted molar refractivity (Wildman–Crippen MR) is 300 cm³/mol. The van der Waals surface area contributed by atoms with Gasteiger partial charge in [-0.1, -0.05) is 217 Å². The maximum atomic E-state index is 13.5. The number of likely N-dealkylation sites (N-methyl/N-ethyl adjacent to an activating group) is 1. The average molecular weight is 1010 g/mol. The molecule has 0 fully saturated rings. The molecule has 0 aromatic heterocycles. The molecule has 9 nitrogen and oxygen atoms in total. The molecule has 0 bridgehead atoms. The summed E-state index contributed by atoms with van der Waals surface area (Å²) in [5, 5.41) is 3.05. The summed E-state index contributed by atoms with van der Waals surface area (Å²) >= 11 is 0. The van der Waals surface area contributed by atoms with E-state index in [0.717, 1.165) is 70.6 Å². The lowest BCUT2D eigenvalue weighted by atomic mass is 10.0. The van der Waals surface area contributed by atoms with Crippen molar-refractivity contribution < 1.29 is 37.3 Å². The minimum atomic E-state index is -4.45. The number of amides is 1. The van der Waals surface area contributed by atoms with Crippen LogP contribution in [0.3, 0.4) is 0 Å². The zero-order chi connectivity index (χ0) is 51.5. The van der Waals surface area contributed by atoms with E-state index in [9.17, 15) is 19.0 Å². The maximum absolute atomic E-state index is 13.5. The quantitative estimate of drug-likeness (QED) is 0.0205. The van der Waals surface area contributed by atoms with Gasteiger partial charge in [0.1, 0.15) is 19.3 Å². The first kappa shape index (κ1) is 68.0. The number of unbranched alkanes of at least 4 members (excludes halogenated alkanes) is 31. The van der Waals surface area contributed by atoms with Crippen LogP contribution in [0.5, 0.6) is 0 Å². The predicted octanol–water partition coefficient (Wildman–Crippen LogP) is 17.7. The second-order valence-electron chi connectivity index (χ2n) is 21.2. The normalized spacial score (nSPS) is 14.1. The Morgan fingerprint density at radius 3 is 1.34 bits per heavy atom. The topological polar surface area (TPSA) is 111 Å². The lowest BCUT2D eigenvalue weighted by Crippen LogP contribution is -2.47. The van der Waals surface area contributed by atoms with E-state index in [1.165, 1.54) is 161 Å². The Morgan fingerprint density at radius 2 is 0.871 bits per heavy atom. The third-order valence-corrected chi connectivity index (χ3v) is 14.0. The van der Waals surface area contributed by atoms with Crippen LogP contribution >= 0.6 is 7.82 Å². The minimum Gasteiger partial charge on any atom is -0.456 e. The van der Waals surface area contributed by atoms with Crippen molar-refractivity contribution in [3.63, 3.8) is 0 Å². The van der Waals surface area contributed by atoms with Gasteiger partial charge in [0.05, 0.1) is 33.8 Å². The van der Waals surface area contributed by atoms with Gasteiger partial charge < -0.3 is 19.4 Å². The van der Waals surface area contributed by atoms with Gasteiger partial charge in [0.2, 0.25) is 5.91 Å². The second-order valence-corrected chi connectivity index (χ2v) is 22.6. The third kappa shape index (κ3) is 50.9. The molecule has 410 valence electrons. The van der Waals surface area contributed by atoms with E-state index in [4.69, 9.17) is 13.8 Å². The van der Waals surface area contributed by atoms with Gasteiger partial charge in [0.15, 0.2) is 0 Å². The van der Waals surface area contributed by atoms with Gasteiger partial charge in [-0.05, 0) is 89.5 Å². The lowest BCUT2D eigenvalue weighted by molar-refractivity contribution is -0.870. The summed E-state index contributed by atoms with van der Waals surface area (Å²) < 4.78 is 30.6. The fourth-order valence-corrected chi connectivity index (χ4v) is 9.11. The fraction of sp³-hybridized carbons (Fsp3) is 0.833. The number of phosphoric ester groups is 1. The van der Waals surface area contributed by atoms with Gasteiger partial charge in [-0.2, -0.15) is 0 Å². The van der Waals surface area contributed by atoms with Gasteiger partial charge in [-0.3, -0.25) is 18.6 Å². The number of carbonyl (C=O) groups is 2. The summed E-state index contributed by atoms with van der Waals surface area (Å²) in [5.41, 5.74) is 0. The van der Waals surface area contributed by atoms with Crippen LogP contribution in [0, 0.1) is 0 Å². The van der Waals surface area contributed by atoms with Crippen LogP contribution in [0.15, 0.2) is 48.6 Å². The van der Waals surface area contributed by atoms with Crippen molar-refractivity contribution in [2.75, 3.05) is 40.9 Å². The number of nitrogens with one attached hydrogen (secondary N) is 1. The molecule has 0 aliphatic rings. The van der Waals surface area contributed by atoms with Gasteiger partial charge >= 0.3 is 13.8 Å². The van der Waals surface area contributed by atoms with Crippen molar-refractivity contribution in [3.8, 4) is 0 Å². The largest absolute Gasteiger partial charge is 0.472 e. The van der Waals surface area contributed by atoms with Crippen molar-refractivity contribution in [1.29, 1.82) is 0 Å². The Hall–Kier alpha value is -2.03. The summed E-state index contributed by atoms with van der Waals surface area (Å²) in [7, 11) is 1.49. The monoisotopic (exact) mass is 1010 g/mol. The number of quaternary nitrogens is 1. The number of hydrogen-bond donors (Lipinski definition) is 2. The Labute approximate surface area is 433 Å². The highest BCUT2D eigenvalue weighted by Gasteiger charge is 2.30. The Balaban J connectivity index is 5.30. The fourth-order valence-electron chi connectivity index (χ4n) is 8.38. The van der Waals surface area contributed by atoms with Crippen LogP contribution in [0.4, 0.5) is 0 Å². The summed E-state index contributed by atoms with van der Waals surface area (Å²) in [5.74, 6) is -0.524. The van der Waals surface area contributed by atoms with Crippen LogP contribution in [0.1, 0.15) is 271 Å². The number of ether oxygens (including phenoxy) is 1. The van der Waals surface area contributed by atoms with Crippen molar-refractivity contribution in [2.24, 2.45) is 0 Å². The molecule has 2 N–H and O–H groups in total. The molecule has 0 rings (SSSR count). The molecule has 0 saturated carbocycles. The van der Waals surface area contributed by atoms with Crippen LogP contribution in [-0.2, 0) is 27.9 Å². The van der Waals surface area contributed by atoms with E-state index in [-0.39, 0.29) is 31.5 Å². The van der Waals surface area contributed by atoms with E-state index < -0.39 is 20.0 Å². The molecule has 1 amide bonds. The van der Waals surface area contributed by atoms with Crippen LogP contribution in [0.2, 0.25) is 0 Å². The Morgan fingerprint density at radius 1 is 0.500 bits per heavy atom. The summed E-state index contributed by atoms with van der Waals surface area (Å²) in [6, 6.07) is -0.854. The Kier molecular flexibility index (Phi) is 49.0. The maximum Gasteiger partial charge on any atom is 0.472 e. The highest BCUT2D eigenvalue weighted by Crippen LogP contribution is 2.43. The zero-order valence-electron chi connectivity index (χ0n) is 46.8. The van der Waals surface area contributed by atoms with E-state index >= 15 is 0 Å². The number of phosphoric acid groups is 1. The molecule has 0 aliphatic heterocycles. The van der Waals surface area contributed by atoms with Crippen molar-refractivity contribution in [3.05, 3.63) is 48.6 Å². The molecule has 3 unspecified atom stereocenters. The summed E-state index contributed by atoms with van der Waals surface area (Å²) in [6.07, 6.45) is 61.0. The van der Waals surface area contributed by atoms with Crippen molar-refractivity contribution in [1.82, 2.24) is 5.32 Å². The molecular weight excluding hydrogens is 892 g/mol. The second kappa shape index (κ2) is 50.5. The smallest absolute Gasteiger partial charge is 0.456 e. The molecule has 0 radical (unpaired) electrons. The molecule has 0 aliphatic carbocycles. The number of carbonyl (C=O) groups excluding carboxylic acids is 2. The number of hydrogen-bond acceptors (Lipinski definition) is 6. The number of rotatable bonds is 53. The standard InChI is InChI=1S/C60H113N2O7P/c1-7-10-13-16-19-22-25-28-29-30-31-32-33-35-37-40-43-46-49-52-59(63)61-57(56-68-70(65,66)67-55-54-62(4,5)6)58(51-48-45-42-39-36-27-24-21-18-15-12-9-3)69-60(64)53-50-47-44-41-38-34-26-23-20-17-14-11-8-2/h19,22,28-29,34,38,48,51,57-58H,7-18,20-21,23-27,30-33,35-37,39-47,49-50,52-56H2,1-6H3,(H-,61,63,65,66)/p+1/b22-19-,29-28-,38-34-,51-48-. The number of esters is 1. The molecule has 10 heteroatoms. The molecule has 0 aromatic rings. The first-order valence-electron chi connectivity index (χ1n) is 29.5. The SMILES string of the molecule is CCCCC/C=C\C/C=C\CCCCCCCCCCCC(=O)NC(COP(=O)(O)OCC[N+](C)(C)C)C(/C=C\CCCCCCCCCCCC)OC(=O)CCCCC/C=C\CCCCCCCC. The van der Waals surface area contributed by atoms with Gasteiger partial charge in [-0.15, -0.1) is 0 Å². The molecule has 0 spiro atoms. The van der Waals surface area contributed by atoms with Crippen molar-refractivity contribution >= 4 is 19.7 Å². The molecule has 70 heavy (non-hydrogen) atoms. The zero-order valence-corrected chi connectivity index (χ0v) is 47.7. The van der Waals surface area contributed by atoms with Crippen LogP contribution in [0.25, 0.3) is 0 Å². The molecular formula is C60H114N2O7P+. The Bertz CT molecular complexity index is 1340. The molecule has 0 saturated heterocycles. The lowest BCUT2D eigenvalue weighted by Gasteiger charge is -2.27. The summed E-state index contributed by atoms with van der Waals surface area (Å²) in [6.45, 7) is 6.97.